The number of sulfone groups is 1. The van der Waals surface area contributed by atoms with Crippen molar-refractivity contribution in [1.29, 1.82) is 0 Å². The molecule has 2 aromatic heterocycles. The van der Waals surface area contributed by atoms with E-state index < -0.39 is 15.7 Å². The number of anilines is 2. The predicted octanol–water partition coefficient (Wildman–Crippen LogP) is 3.00. The molecule has 11 heteroatoms. The number of aromatic nitrogens is 2. The molecule has 0 amide bonds. The zero-order chi connectivity index (χ0) is 21.2. The average molecular weight is 439 g/mol. The van der Waals surface area contributed by atoms with Crippen LogP contribution in [0.1, 0.15) is 4.88 Å². The molecular formula is C18H18FN3O5S2. The first-order valence-electron chi connectivity index (χ1n) is 8.22. The summed E-state index contributed by atoms with van der Waals surface area (Å²) in [5.74, 6) is -0.214. The molecule has 0 radical (unpaired) electrons. The lowest BCUT2D eigenvalue weighted by Crippen LogP contribution is -2.01. The molecule has 0 aliphatic rings. The first-order chi connectivity index (χ1) is 13.7. The van der Waals surface area contributed by atoms with Gasteiger partial charge >= 0.3 is 0 Å². The molecule has 0 spiro atoms. The smallest absolute Gasteiger partial charge is 0.216 e. The summed E-state index contributed by atoms with van der Waals surface area (Å²) in [6, 6.07) is 7.02. The second-order valence-corrected chi connectivity index (χ2v) is 9.00. The van der Waals surface area contributed by atoms with Crippen LogP contribution in [0, 0.1) is 5.82 Å². The molecule has 3 rings (SSSR count). The summed E-state index contributed by atoms with van der Waals surface area (Å²) in [5, 5.41) is 13.0. The van der Waals surface area contributed by atoms with Crippen LogP contribution in [0.3, 0.4) is 0 Å². The van der Waals surface area contributed by atoms with Crippen LogP contribution in [0.25, 0.3) is 11.3 Å². The van der Waals surface area contributed by atoms with E-state index in [4.69, 9.17) is 9.47 Å². The third-order valence-corrected chi connectivity index (χ3v) is 5.98. The number of ether oxygens (including phenoxy) is 2. The molecule has 0 saturated carbocycles. The van der Waals surface area contributed by atoms with Gasteiger partial charge in [0.1, 0.15) is 10.7 Å². The zero-order valence-corrected chi connectivity index (χ0v) is 17.4. The Kier molecular flexibility index (Phi) is 6.01. The van der Waals surface area contributed by atoms with Crippen molar-refractivity contribution in [2.45, 2.75) is 11.5 Å². The van der Waals surface area contributed by atoms with Gasteiger partial charge < -0.3 is 19.9 Å². The van der Waals surface area contributed by atoms with Crippen LogP contribution in [0.4, 0.5) is 15.2 Å². The van der Waals surface area contributed by atoms with Gasteiger partial charge in [0, 0.05) is 29.6 Å². The fourth-order valence-corrected chi connectivity index (χ4v) is 4.16. The van der Waals surface area contributed by atoms with Crippen LogP contribution in [-0.2, 0) is 16.4 Å². The first-order valence-corrected chi connectivity index (χ1v) is 10.9. The maximum Gasteiger partial charge on any atom is 0.216 e. The molecule has 2 heterocycles. The van der Waals surface area contributed by atoms with Gasteiger partial charge in [-0.15, -0.1) is 0 Å². The van der Waals surface area contributed by atoms with Gasteiger partial charge in [-0.2, -0.15) is 4.98 Å². The maximum atomic E-state index is 14.1. The third-order valence-electron chi connectivity index (χ3n) is 3.89. The van der Waals surface area contributed by atoms with Gasteiger partial charge in [-0.1, -0.05) is 11.3 Å². The molecule has 29 heavy (non-hydrogen) atoms. The molecule has 8 nitrogen and oxygen atoms in total. The Balaban J connectivity index is 1.96. The summed E-state index contributed by atoms with van der Waals surface area (Å²) in [6.07, 6.45) is 0.941. The Hall–Kier alpha value is -2.76. The number of nitrogens with zero attached hydrogens (tertiary/aromatic N) is 2. The summed E-state index contributed by atoms with van der Waals surface area (Å²) in [6.45, 7) is -0.261. The Morgan fingerprint density at radius 2 is 1.79 bits per heavy atom. The van der Waals surface area contributed by atoms with Crippen molar-refractivity contribution in [1.82, 2.24) is 9.97 Å². The molecule has 0 unspecified atom stereocenters. The molecule has 0 bridgehead atoms. The second-order valence-electron chi connectivity index (χ2n) is 5.93. The van der Waals surface area contributed by atoms with Crippen molar-refractivity contribution in [3.63, 3.8) is 0 Å². The van der Waals surface area contributed by atoms with E-state index in [0.29, 0.717) is 38.7 Å². The Bertz CT molecular complexity index is 1130. The van der Waals surface area contributed by atoms with Crippen molar-refractivity contribution in [2.75, 3.05) is 25.8 Å². The van der Waals surface area contributed by atoms with Crippen molar-refractivity contribution >= 4 is 32.0 Å². The Labute approximate surface area is 170 Å². The van der Waals surface area contributed by atoms with Gasteiger partial charge in [-0.3, -0.25) is 0 Å². The summed E-state index contributed by atoms with van der Waals surface area (Å²) in [4.78, 5) is 8.78. The van der Waals surface area contributed by atoms with Crippen LogP contribution in [-0.4, -0.2) is 44.0 Å². The quantitative estimate of drug-likeness (QED) is 0.578. The number of methoxy groups -OCH3 is 2. The highest BCUT2D eigenvalue weighted by atomic mass is 32.2. The summed E-state index contributed by atoms with van der Waals surface area (Å²) < 4.78 is 47.5. The fourth-order valence-electron chi connectivity index (χ4n) is 2.57. The number of halogens is 1. The standard InChI is InChI=1S/C18H18FN3O5S2/c1-26-15-6-10(7-16(21-15)27-2)17-13(9-23)28-18(22-17)20-11-4-5-14(12(19)8-11)29(3,24)25/h4-8,23H,9H2,1-3H3,(H,20,22). The number of hydrogen-bond donors (Lipinski definition) is 2. The number of thiazole rings is 1. The molecular weight excluding hydrogens is 421 g/mol. The largest absolute Gasteiger partial charge is 0.481 e. The maximum absolute atomic E-state index is 14.1. The lowest BCUT2D eigenvalue weighted by molar-refractivity contribution is 0.286. The van der Waals surface area contributed by atoms with Crippen molar-refractivity contribution in [3.05, 3.63) is 41.0 Å². The number of rotatable bonds is 7. The zero-order valence-electron chi connectivity index (χ0n) is 15.8. The number of hydrogen-bond acceptors (Lipinski definition) is 9. The normalized spacial score (nSPS) is 11.3. The van der Waals surface area contributed by atoms with E-state index in [9.17, 15) is 17.9 Å². The summed E-state index contributed by atoms with van der Waals surface area (Å²) in [7, 11) is -0.711. The van der Waals surface area contributed by atoms with Gasteiger partial charge in [0.05, 0.1) is 31.4 Å². The van der Waals surface area contributed by atoms with Gasteiger partial charge in [0.15, 0.2) is 15.0 Å². The molecule has 1 aromatic carbocycles. The lowest BCUT2D eigenvalue weighted by Gasteiger charge is -2.07. The molecule has 0 fully saturated rings. The molecule has 0 saturated heterocycles. The number of aliphatic hydroxyl groups is 1. The molecule has 0 aliphatic heterocycles. The van der Waals surface area contributed by atoms with Gasteiger partial charge in [0.2, 0.25) is 11.8 Å². The van der Waals surface area contributed by atoms with E-state index in [-0.39, 0.29) is 11.5 Å². The molecule has 2 N–H and O–H groups in total. The van der Waals surface area contributed by atoms with Crippen molar-refractivity contribution in [2.24, 2.45) is 0 Å². The highest BCUT2D eigenvalue weighted by Gasteiger charge is 2.17. The van der Waals surface area contributed by atoms with Crippen LogP contribution < -0.4 is 14.8 Å². The SMILES string of the molecule is COc1cc(-c2nc(Nc3ccc(S(C)(=O)=O)c(F)c3)sc2CO)cc(OC)n1. The highest BCUT2D eigenvalue weighted by Crippen LogP contribution is 2.35. The molecule has 154 valence electrons. The second kappa shape index (κ2) is 8.31. The Morgan fingerprint density at radius 3 is 2.31 bits per heavy atom. The fraction of sp³-hybridized carbons (Fsp3) is 0.222. The molecule has 0 atom stereocenters. The van der Waals surface area contributed by atoms with Crippen LogP contribution >= 0.6 is 11.3 Å². The third kappa shape index (κ3) is 4.63. The number of pyridine rings is 1. The van der Waals surface area contributed by atoms with Gasteiger partial charge in [0.25, 0.3) is 0 Å². The number of aliphatic hydroxyl groups excluding tert-OH is 1. The summed E-state index contributed by atoms with van der Waals surface area (Å²) >= 11 is 1.18. The van der Waals surface area contributed by atoms with Gasteiger partial charge in [-0.25, -0.2) is 17.8 Å². The van der Waals surface area contributed by atoms with E-state index in [1.807, 2.05) is 0 Å². The van der Waals surface area contributed by atoms with E-state index in [1.54, 1.807) is 12.1 Å². The predicted molar refractivity (Wildman–Crippen MR) is 107 cm³/mol. The van der Waals surface area contributed by atoms with Crippen LogP contribution in [0.5, 0.6) is 11.8 Å². The monoisotopic (exact) mass is 439 g/mol. The van der Waals surface area contributed by atoms with Crippen LogP contribution in [0.2, 0.25) is 0 Å². The minimum absolute atomic E-state index is 0.261. The Morgan fingerprint density at radius 1 is 1.14 bits per heavy atom. The molecule has 3 aromatic rings. The minimum Gasteiger partial charge on any atom is -0.481 e. The number of nitrogens with one attached hydrogen (secondary N) is 1. The minimum atomic E-state index is -3.66. The van der Waals surface area contributed by atoms with E-state index >= 15 is 0 Å². The lowest BCUT2D eigenvalue weighted by atomic mass is 10.1. The van der Waals surface area contributed by atoms with Crippen molar-refractivity contribution < 1.29 is 27.4 Å². The highest BCUT2D eigenvalue weighted by molar-refractivity contribution is 7.90. The van der Waals surface area contributed by atoms with E-state index in [1.165, 1.54) is 37.7 Å². The topological polar surface area (TPSA) is 111 Å². The van der Waals surface area contributed by atoms with E-state index in [0.717, 1.165) is 12.3 Å². The van der Waals surface area contributed by atoms with Crippen molar-refractivity contribution in [3.8, 4) is 23.0 Å². The average Bonchev–Trinajstić information content (AvgIpc) is 3.09. The van der Waals surface area contributed by atoms with Gasteiger partial charge in [-0.05, 0) is 18.2 Å². The van der Waals surface area contributed by atoms with E-state index in [2.05, 4.69) is 15.3 Å². The van der Waals surface area contributed by atoms with Crippen LogP contribution in [0.15, 0.2) is 35.2 Å². The number of benzene rings is 1. The summed E-state index contributed by atoms with van der Waals surface area (Å²) in [5.41, 5.74) is 1.44. The molecule has 0 aliphatic carbocycles. The first kappa shape index (κ1) is 21.0.